The third kappa shape index (κ3) is 3.64. The maximum atomic E-state index is 12.5. The molecule has 0 N–H and O–H groups in total. The Bertz CT molecular complexity index is 977. The second kappa shape index (κ2) is 7.19. The number of carbonyl (C=O) groups excluding carboxylic acids is 1. The lowest BCUT2D eigenvalue weighted by atomic mass is 9.97. The van der Waals surface area contributed by atoms with Gasteiger partial charge >= 0.3 is 0 Å². The zero-order valence-corrected chi connectivity index (χ0v) is 15.0. The van der Waals surface area contributed by atoms with Gasteiger partial charge in [0.15, 0.2) is 5.78 Å². The number of ketones is 1. The number of hydrogen-bond acceptors (Lipinski definition) is 3. The van der Waals surface area contributed by atoms with Crippen molar-refractivity contribution in [1.82, 2.24) is 9.55 Å². The van der Waals surface area contributed by atoms with E-state index in [1.165, 1.54) is 16.5 Å². The fraction of sp³-hybridized carbons (Fsp3) is 0.250. The van der Waals surface area contributed by atoms with Crippen molar-refractivity contribution in [2.45, 2.75) is 32.7 Å². The Hall–Kier alpha value is -2.46. The molecule has 128 valence electrons. The van der Waals surface area contributed by atoms with Crippen LogP contribution in [0.5, 0.6) is 0 Å². The molecule has 0 saturated heterocycles. The molecule has 0 unspecified atom stereocenters. The van der Waals surface area contributed by atoms with Gasteiger partial charge in [0.05, 0.1) is 23.8 Å². The highest BCUT2D eigenvalue weighted by molar-refractivity contribution is 6.31. The van der Waals surface area contributed by atoms with Crippen LogP contribution in [0.3, 0.4) is 0 Å². The van der Waals surface area contributed by atoms with Crippen molar-refractivity contribution < 1.29 is 4.79 Å². The zero-order chi connectivity index (χ0) is 18.0. The molecular formula is C20H19ClN2O2. The molecule has 0 aliphatic rings. The van der Waals surface area contributed by atoms with Gasteiger partial charge in [0.2, 0.25) is 0 Å². The van der Waals surface area contributed by atoms with E-state index in [4.69, 9.17) is 11.6 Å². The number of aromatic nitrogens is 2. The van der Waals surface area contributed by atoms with E-state index in [1.807, 2.05) is 24.3 Å². The van der Waals surface area contributed by atoms with Gasteiger partial charge in [0.1, 0.15) is 0 Å². The summed E-state index contributed by atoms with van der Waals surface area (Å²) in [5.41, 5.74) is 2.09. The standard InChI is InChI=1S/C20H19ClN2O2/c1-3-13(2)14-4-6-15(7-5-14)19(24)11-23-12-22-18-9-8-16(21)10-17(18)20(23)25/h4-10,12-13H,3,11H2,1-2H3/t13-/m0/s1. The Morgan fingerprint density at radius 1 is 1.20 bits per heavy atom. The van der Waals surface area contributed by atoms with Crippen molar-refractivity contribution in [1.29, 1.82) is 0 Å². The third-order valence-electron chi connectivity index (χ3n) is 4.51. The van der Waals surface area contributed by atoms with Crippen LogP contribution in [0.2, 0.25) is 5.02 Å². The first-order valence-corrected chi connectivity index (χ1v) is 8.65. The van der Waals surface area contributed by atoms with Crippen LogP contribution in [0.4, 0.5) is 0 Å². The van der Waals surface area contributed by atoms with Gasteiger partial charge in [-0.15, -0.1) is 0 Å². The molecule has 1 atom stereocenters. The fourth-order valence-electron chi connectivity index (χ4n) is 2.72. The van der Waals surface area contributed by atoms with Crippen LogP contribution in [0, 0.1) is 0 Å². The van der Waals surface area contributed by atoms with Crippen molar-refractivity contribution in [3.8, 4) is 0 Å². The van der Waals surface area contributed by atoms with Crippen molar-refractivity contribution in [2.75, 3.05) is 0 Å². The SMILES string of the molecule is CC[C@H](C)c1ccc(C(=O)Cn2cnc3ccc(Cl)cc3c2=O)cc1. The van der Waals surface area contributed by atoms with Gasteiger partial charge in [-0.1, -0.05) is 49.7 Å². The van der Waals surface area contributed by atoms with Crippen LogP contribution < -0.4 is 5.56 Å². The number of Topliss-reactive ketones (excluding diaryl/α,β-unsaturated/α-hetero) is 1. The molecule has 3 aromatic rings. The van der Waals surface area contributed by atoms with Crippen LogP contribution in [-0.4, -0.2) is 15.3 Å². The molecule has 3 rings (SSSR count). The number of nitrogens with zero attached hydrogens (tertiary/aromatic N) is 2. The summed E-state index contributed by atoms with van der Waals surface area (Å²) >= 11 is 5.95. The van der Waals surface area contributed by atoms with Gasteiger partial charge in [0.25, 0.3) is 5.56 Å². The molecule has 25 heavy (non-hydrogen) atoms. The lowest BCUT2D eigenvalue weighted by Gasteiger charge is -2.10. The normalized spacial score (nSPS) is 12.3. The fourth-order valence-corrected chi connectivity index (χ4v) is 2.90. The maximum absolute atomic E-state index is 12.5. The van der Waals surface area contributed by atoms with Gasteiger partial charge in [-0.2, -0.15) is 0 Å². The topological polar surface area (TPSA) is 52.0 Å². The molecule has 2 aromatic carbocycles. The first kappa shape index (κ1) is 17.4. The molecule has 5 heteroatoms. The molecule has 0 bridgehead atoms. The molecule has 0 saturated carbocycles. The van der Waals surface area contributed by atoms with Gasteiger partial charge in [-0.05, 0) is 36.1 Å². The van der Waals surface area contributed by atoms with E-state index in [2.05, 4.69) is 18.8 Å². The predicted molar refractivity (Wildman–Crippen MR) is 100 cm³/mol. The van der Waals surface area contributed by atoms with E-state index < -0.39 is 0 Å². The van der Waals surface area contributed by atoms with E-state index in [9.17, 15) is 9.59 Å². The third-order valence-corrected chi connectivity index (χ3v) is 4.75. The maximum Gasteiger partial charge on any atom is 0.261 e. The quantitative estimate of drug-likeness (QED) is 0.636. The summed E-state index contributed by atoms with van der Waals surface area (Å²) < 4.78 is 1.32. The number of hydrogen-bond donors (Lipinski definition) is 0. The molecule has 4 nitrogen and oxygen atoms in total. The van der Waals surface area contributed by atoms with Crippen LogP contribution in [-0.2, 0) is 6.54 Å². The largest absolute Gasteiger partial charge is 0.292 e. The van der Waals surface area contributed by atoms with Crippen molar-refractivity contribution in [2.24, 2.45) is 0 Å². The summed E-state index contributed by atoms with van der Waals surface area (Å²) in [6, 6.07) is 12.5. The Morgan fingerprint density at radius 2 is 1.92 bits per heavy atom. The molecule has 1 aromatic heterocycles. The van der Waals surface area contributed by atoms with Crippen molar-refractivity contribution >= 4 is 28.3 Å². The molecule has 0 radical (unpaired) electrons. The zero-order valence-electron chi connectivity index (χ0n) is 14.2. The Kier molecular flexibility index (Phi) is 5.00. The highest BCUT2D eigenvalue weighted by Crippen LogP contribution is 2.19. The second-order valence-corrected chi connectivity index (χ2v) is 6.63. The van der Waals surface area contributed by atoms with E-state index in [0.29, 0.717) is 27.4 Å². The highest BCUT2D eigenvalue weighted by atomic mass is 35.5. The van der Waals surface area contributed by atoms with Gasteiger partial charge in [0, 0.05) is 10.6 Å². The molecule has 1 heterocycles. The van der Waals surface area contributed by atoms with Crippen LogP contribution in [0.25, 0.3) is 10.9 Å². The minimum atomic E-state index is -0.267. The van der Waals surface area contributed by atoms with Crippen molar-refractivity contribution in [3.63, 3.8) is 0 Å². The van der Waals surface area contributed by atoms with Crippen LogP contribution in [0.1, 0.15) is 42.1 Å². The van der Waals surface area contributed by atoms with Gasteiger partial charge in [-0.25, -0.2) is 4.98 Å². The van der Waals surface area contributed by atoms with Crippen LogP contribution in [0.15, 0.2) is 53.6 Å². The van der Waals surface area contributed by atoms with E-state index in [0.717, 1.165) is 6.42 Å². The molecule has 0 aliphatic carbocycles. The summed E-state index contributed by atoms with van der Waals surface area (Å²) in [6.45, 7) is 4.24. The minimum Gasteiger partial charge on any atom is -0.292 e. The smallest absolute Gasteiger partial charge is 0.261 e. The summed E-state index contributed by atoms with van der Waals surface area (Å²) in [7, 11) is 0. The Labute approximate surface area is 151 Å². The second-order valence-electron chi connectivity index (χ2n) is 6.19. The van der Waals surface area contributed by atoms with E-state index in [-0.39, 0.29) is 17.9 Å². The molecular weight excluding hydrogens is 336 g/mol. The number of fused-ring (bicyclic) bond motifs is 1. The monoisotopic (exact) mass is 354 g/mol. The number of benzene rings is 2. The predicted octanol–water partition coefficient (Wildman–Crippen LogP) is 4.45. The minimum absolute atomic E-state index is 0.0447. The Balaban J connectivity index is 1.87. The Morgan fingerprint density at radius 3 is 2.60 bits per heavy atom. The van der Waals surface area contributed by atoms with Crippen LogP contribution >= 0.6 is 11.6 Å². The molecule has 0 aliphatic heterocycles. The number of halogens is 1. The lowest BCUT2D eigenvalue weighted by molar-refractivity contribution is 0.0970. The van der Waals surface area contributed by atoms with E-state index in [1.54, 1.807) is 18.2 Å². The summed E-state index contributed by atoms with van der Waals surface area (Å²) in [5.74, 6) is 0.335. The molecule has 0 fully saturated rings. The molecule has 0 spiro atoms. The average molecular weight is 355 g/mol. The number of carbonyl (C=O) groups is 1. The number of rotatable bonds is 5. The first-order chi connectivity index (χ1) is 12.0. The summed E-state index contributed by atoms with van der Waals surface area (Å²) in [5, 5.41) is 0.881. The first-order valence-electron chi connectivity index (χ1n) is 8.27. The van der Waals surface area contributed by atoms with Gasteiger partial charge < -0.3 is 0 Å². The van der Waals surface area contributed by atoms with Gasteiger partial charge in [-0.3, -0.25) is 14.2 Å². The summed E-state index contributed by atoms with van der Waals surface area (Å²) in [6.07, 6.45) is 2.46. The average Bonchev–Trinajstić information content (AvgIpc) is 2.64. The van der Waals surface area contributed by atoms with E-state index >= 15 is 0 Å². The highest BCUT2D eigenvalue weighted by Gasteiger charge is 2.11. The summed E-state index contributed by atoms with van der Waals surface area (Å²) in [4.78, 5) is 29.3. The lowest BCUT2D eigenvalue weighted by Crippen LogP contribution is -2.24. The van der Waals surface area contributed by atoms with Crippen molar-refractivity contribution in [3.05, 3.63) is 75.3 Å². The molecule has 0 amide bonds.